The van der Waals surface area contributed by atoms with Crippen LogP contribution in [0.4, 0.5) is 0 Å². The summed E-state index contributed by atoms with van der Waals surface area (Å²) < 4.78 is 14.0. The molecule has 4 unspecified atom stereocenters. The van der Waals surface area contributed by atoms with Crippen molar-refractivity contribution < 1.29 is 9.47 Å². The smallest absolute Gasteiger partial charge is 0.113 e. The SMILES string of the molecule is C=C(NC1COC2C1OCC2n1cc(-c2ccccc2)nn1)C1CC1. The minimum absolute atomic E-state index is 0.00910. The predicted octanol–water partition coefficient (Wildman–Crippen LogP) is 2.17. The number of fused-ring (bicyclic) bond motifs is 1. The normalized spacial score (nSPS) is 31.0. The molecule has 0 amide bonds. The summed E-state index contributed by atoms with van der Waals surface area (Å²) in [4.78, 5) is 0. The van der Waals surface area contributed by atoms with Crippen molar-refractivity contribution in [3.8, 4) is 11.3 Å². The standard InChI is InChI=1S/C19H22N4O2/c1-12(13-7-8-13)20-16-10-24-19-17(11-25-18(16)19)23-9-15(21-22-23)14-5-3-2-4-6-14/h2-6,9,13,16-20H,1,7-8,10-11H2. The van der Waals surface area contributed by atoms with Crippen molar-refractivity contribution in [2.45, 2.75) is 37.1 Å². The summed E-state index contributed by atoms with van der Waals surface area (Å²) in [5.74, 6) is 0.639. The van der Waals surface area contributed by atoms with Crippen LogP contribution in [0.1, 0.15) is 18.9 Å². The van der Waals surface area contributed by atoms with Crippen LogP contribution in [-0.4, -0.2) is 46.5 Å². The van der Waals surface area contributed by atoms with Crippen LogP contribution in [0.3, 0.4) is 0 Å². The summed E-state index contributed by atoms with van der Waals surface area (Å²) in [6, 6.07) is 10.3. The molecule has 0 spiro atoms. The van der Waals surface area contributed by atoms with Gasteiger partial charge in [0.15, 0.2) is 0 Å². The van der Waals surface area contributed by atoms with Gasteiger partial charge in [-0.05, 0) is 18.8 Å². The fourth-order valence-corrected chi connectivity index (χ4v) is 3.80. The number of allylic oxidation sites excluding steroid dienone is 1. The number of ether oxygens (including phenoxy) is 2. The number of hydrogen-bond donors (Lipinski definition) is 1. The maximum absolute atomic E-state index is 6.06. The molecule has 5 rings (SSSR count). The fraction of sp³-hybridized carbons (Fsp3) is 0.474. The first-order valence-corrected chi connectivity index (χ1v) is 8.95. The average molecular weight is 338 g/mol. The van der Waals surface area contributed by atoms with E-state index in [4.69, 9.17) is 9.47 Å². The van der Waals surface area contributed by atoms with Gasteiger partial charge in [-0.2, -0.15) is 0 Å². The van der Waals surface area contributed by atoms with Crippen molar-refractivity contribution in [3.63, 3.8) is 0 Å². The predicted molar refractivity (Wildman–Crippen MR) is 92.8 cm³/mol. The molecule has 2 aliphatic heterocycles. The van der Waals surface area contributed by atoms with E-state index in [-0.39, 0.29) is 24.3 Å². The second kappa shape index (κ2) is 5.97. The van der Waals surface area contributed by atoms with Crippen LogP contribution in [0.2, 0.25) is 0 Å². The zero-order chi connectivity index (χ0) is 16.8. The van der Waals surface area contributed by atoms with Gasteiger partial charge in [0.25, 0.3) is 0 Å². The van der Waals surface area contributed by atoms with E-state index in [2.05, 4.69) is 22.2 Å². The summed E-state index contributed by atoms with van der Waals surface area (Å²) >= 11 is 0. The highest BCUT2D eigenvalue weighted by Crippen LogP contribution is 2.38. The molecule has 25 heavy (non-hydrogen) atoms. The number of hydrogen-bond acceptors (Lipinski definition) is 5. The Morgan fingerprint density at radius 1 is 1.12 bits per heavy atom. The lowest BCUT2D eigenvalue weighted by atomic mass is 10.1. The summed E-state index contributed by atoms with van der Waals surface area (Å²) in [5.41, 5.74) is 3.07. The maximum atomic E-state index is 6.06. The molecule has 6 heteroatoms. The number of nitrogens with one attached hydrogen (secondary N) is 1. The lowest BCUT2D eigenvalue weighted by molar-refractivity contribution is 0.0622. The van der Waals surface area contributed by atoms with E-state index in [0.717, 1.165) is 17.0 Å². The number of benzene rings is 1. The van der Waals surface area contributed by atoms with E-state index in [1.54, 1.807) is 0 Å². The van der Waals surface area contributed by atoms with Crippen LogP contribution >= 0.6 is 0 Å². The first kappa shape index (κ1) is 15.1. The largest absolute Gasteiger partial charge is 0.381 e. The molecule has 0 bridgehead atoms. The third-order valence-corrected chi connectivity index (χ3v) is 5.39. The molecule has 130 valence electrons. The van der Waals surface area contributed by atoms with Crippen LogP contribution in [-0.2, 0) is 9.47 Å². The van der Waals surface area contributed by atoms with Crippen LogP contribution in [0, 0.1) is 5.92 Å². The van der Waals surface area contributed by atoms with Crippen LogP contribution < -0.4 is 5.32 Å². The van der Waals surface area contributed by atoms with Crippen molar-refractivity contribution in [2.75, 3.05) is 13.2 Å². The third kappa shape index (κ3) is 2.75. The monoisotopic (exact) mass is 338 g/mol. The minimum Gasteiger partial charge on any atom is -0.381 e. The lowest BCUT2D eigenvalue weighted by Gasteiger charge is -2.20. The number of rotatable bonds is 5. The molecular formula is C19H22N4O2. The highest BCUT2D eigenvalue weighted by molar-refractivity contribution is 5.57. The van der Waals surface area contributed by atoms with Gasteiger partial charge < -0.3 is 14.8 Å². The molecule has 1 saturated carbocycles. The second-order valence-corrected chi connectivity index (χ2v) is 7.16. The Morgan fingerprint density at radius 3 is 2.72 bits per heavy atom. The molecule has 2 saturated heterocycles. The molecule has 1 aromatic carbocycles. The van der Waals surface area contributed by atoms with E-state index < -0.39 is 0 Å². The van der Waals surface area contributed by atoms with E-state index in [1.807, 2.05) is 41.2 Å². The van der Waals surface area contributed by atoms with Gasteiger partial charge in [0.05, 0.1) is 25.5 Å². The zero-order valence-electron chi connectivity index (χ0n) is 14.0. The van der Waals surface area contributed by atoms with Crippen LogP contribution in [0.15, 0.2) is 48.8 Å². The van der Waals surface area contributed by atoms with Gasteiger partial charge in [-0.25, -0.2) is 4.68 Å². The number of aromatic nitrogens is 3. The summed E-state index contributed by atoms with van der Waals surface area (Å²) in [6.07, 6.45) is 4.54. The first-order chi connectivity index (χ1) is 12.3. The molecule has 1 N–H and O–H groups in total. The fourth-order valence-electron chi connectivity index (χ4n) is 3.80. The third-order valence-electron chi connectivity index (χ3n) is 5.39. The Bertz CT molecular complexity index is 771. The summed E-state index contributed by atoms with van der Waals surface area (Å²) in [7, 11) is 0. The quantitative estimate of drug-likeness (QED) is 0.905. The van der Waals surface area contributed by atoms with Gasteiger partial charge in [-0.1, -0.05) is 42.1 Å². The lowest BCUT2D eigenvalue weighted by Crippen LogP contribution is -2.40. The van der Waals surface area contributed by atoms with E-state index in [1.165, 1.54) is 12.8 Å². The Hall–Kier alpha value is -2.18. The Kier molecular flexibility index (Phi) is 3.60. The van der Waals surface area contributed by atoms with Gasteiger partial charge >= 0.3 is 0 Å². The topological polar surface area (TPSA) is 61.2 Å². The molecule has 3 heterocycles. The molecular weight excluding hydrogens is 316 g/mol. The molecule has 6 nitrogen and oxygen atoms in total. The van der Waals surface area contributed by atoms with Crippen LogP contribution in [0.5, 0.6) is 0 Å². The van der Waals surface area contributed by atoms with E-state index in [9.17, 15) is 0 Å². The molecule has 3 fully saturated rings. The molecule has 4 atom stereocenters. The van der Waals surface area contributed by atoms with Gasteiger partial charge in [0.2, 0.25) is 0 Å². The van der Waals surface area contributed by atoms with E-state index >= 15 is 0 Å². The minimum atomic E-state index is 0.00910. The van der Waals surface area contributed by atoms with Gasteiger partial charge in [0, 0.05) is 11.3 Å². The summed E-state index contributed by atoms with van der Waals surface area (Å²) in [5, 5.41) is 12.2. The second-order valence-electron chi connectivity index (χ2n) is 7.16. The molecule has 1 aliphatic carbocycles. The Morgan fingerprint density at radius 2 is 1.92 bits per heavy atom. The zero-order valence-corrected chi connectivity index (χ0v) is 14.0. The van der Waals surface area contributed by atoms with Gasteiger partial charge in [0.1, 0.15) is 23.9 Å². The highest BCUT2D eigenvalue weighted by atomic mass is 16.6. The maximum Gasteiger partial charge on any atom is 0.113 e. The first-order valence-electron chi connectivity index (χ1n) is 8.95. The Balaban J connectivity index is 1.30. The van der Waals surface area contributed by atoms with Crippen molar-refractivity contribution in [1.29, 1.82) is 0 Å². The van der Waals surface area contributed by atoms with Crippen molar-refractivity contribution in [3.05, 3.63) is 48.8 Å². The van der Waals surface area contributed by atoms with Crippen LogP contribution in [0.25, 0.3) is 11.3 Å². The molecule has 3 aliphatic rings. The molecule has 0 radical (unpaired) electrons. The van der Waals surface area contributed by atoms with Gasteiger partial charge in [-0.3, -0.25) is 0 Å². The Labute approximate surface area is 146 Å². The van der Waals surface area contributed by atoms with Crippen molar-refractivity contribution in [1.82, 2.24) is 20.3 Å². The summed E-state index contributed by atoms with van der Waals surface area (Å²) in [6.45, 7) is 5.41. The number of nitrogens with zero attached hydrogens (tertiary/aromatic N) is 3. The van der Waals surface area contributed by atoms with Crippen molar-refractivity contribution in [2.24, 2.45) is 5.92 Å². The molecule has 2 aromatic rings. The molecule has 1 aromatic heterocycles. The van der Waals surface area contributed by atoms with Gasteiger partial charge in [-0.15, -0.1) is 5.10 Å². The van der Waals surface area contributed by atoms with Crippen molar-refractivity contribution >= 4 is 0 Å². The highest BCUT2D eigenvalue weighted by Gasteiger charge is 2.49. The average Bonchev–Trinajstić information content (AvgIpc) is 3.05. The van der Waals surface area contributed by atoms with E-state index in [0.29, 0.717) is 19.1 Å².